The molecular formula is C13H10BrN3O3S. The smallest absolute Gasteiger partial charge is 0.306 e. The minimum atomic E-state index is -3.73. The lowest BCUT2D eigenvalue weighted by Gasteiger charge is -2.09. The third kappa shape index (κ3) is 2.72. The Hall–Kier alpha value is -2.06. The van der Waals surface area contributed by atoms with Gasteiger partial charge in [-0.3, -0.25) is 4.72 Å². The lowest BCUT2D eigenvalue weighted by atomic mass is 10.3. The molecule has 3 aromatic rings. The molecule has 0 spiro atoms. The average Bonchev–Trinajstić information content (AvgIpc) is 2.80. The van der Waals surface area contributed by atoms with Gasteiger partial charge in [-0.25, -0.2) is 13.2 Å². The largest absolute Gasteiger partial charge is 0.323 e. The van der Waals surface area contributed by atoms with Gasteiger partial charge in [0.1, 0.15) is 0 Å². The summed E-state index contributed by atoms with van der Waals surface area (Å²) in [6.45, 7) is 0. The highest BCUT2D eigenvalue weighted by atomic mass is 79.9. The monoisotopic (exact) mass is 367 g/mol. The standard InChI is InChI=1S/C13H10BrN3O3S/c14-9-3-1-2-4-10(9)17-21(19,20)8-5-6-11-12(7-8)16-13(18)15-11/h1-7,17H,(H2,15,16,18). The van der Waals surface area contributed by atoms with Crippen LogP contribution in [0.2, 0.25) is 0 Å². The van der Waals surface area contributed by atoms with Crippen molar-refractivity contribution in [1.29, 1.82) is 0 Å². The van der Waals surface area contributed by atoms with Crippen LogP contribution in [0.25, 0.3) is 11.0 Å². The highest BCUT2D eigenvalue weighted by Crippen LogP contribution is 2.25. The fourth-order valence-electron chi connectivity index (χ4n) is 1.93. The molecule has 0 fully saturated rings. The van der Waals surface area contributed by atoms with Crippen molar-refractivity contribution >= 4 is 42.7 Å². The number of rotatable bonds is 3. The molecule has 0 saturated heterocycles. The minimum Gasteiger partial charge on any atom is -0.306 e. The number of halogens is 1. The van der Waals surface area contributed by atoms with Gasteiger partial charge in [0.2, 0.25) is 0 Å². The maximum absolute atomic E-state index is 12.4. The maximum Gasteiger partial charge on any atom is 0.323 e. The van der Waals surface area contributed by atoms with E-state index in [1.807, 2.05) is 0 Å². The number of hydrogen-bond donors (Lipinski definition) is 3. The van der Waals surface area contributed by atoms with Crippen LogP contribution in [0.1, 0.15) is 0 Å². The molecule has 21 heavy (non-hydrogen) atoms. The van der Waals surface area contributed by atoms with E-state index in [-0.39, 0.29) is 10.6 Å². The van der Waals surface area contributed by atoms with E-state index >= 15 is 0 Å². The Balaban J connectivity index is 2.03. The van der Waals surface area contributed by atoms with Crippen LogP contribution in [0.15, 0.2) is 56.6 Å². The van der Waals surface area contributed by atoms with Gasteiger partial charge in [0.05, 0.1) is 21.6 Å². The molecule has 1 heterocycles. The third-order valence-corrected chi connectivity index (χ3v) is 4.97. The van der Waals surface area contributed by atoms with Gasteiger partial charge < -0.3 is 9.97 Å². The predicted molar refractivity (Wildman–Crippen MR) is 83.9 cm³/mol. The van der Waals surface area contributed by atoms with Gasteiger partial charge in [-0.1, -0.05) is 12.1 Å². The molecule has 0 atom stereocenters. The Morgan fingerprint density at radius 2 is 1.71 bits per heavy atom. The van der Waals surface area contributed by atoms with Crippen LogP contribution in [-0.2, 0) is 10.0 Å². The lowest BCUT2D eigenvalue weighted by Crippen LogP contribution is -2.13. The third-order valence-electron chi connectivity index (χ3n) is 2.92. The number of imidazole rings is 1. The second-order valence-electron chi connectivity index (χ2n) is 4.37. The number of anilines is 1. The van der Waals surface area contributed by atoms with Gasteiger partial charge in [0, 0.05) is 4.47 Å². The van der Waals surface area contributed by atoms with Crippen molar-refractivity contribution in [3.8, 4) is 0 Å². The van der Waals surface area contributed by atoms with Crippen LogP contribution in [0.4, 0.5) is 5.69 Å². The van der Waals surface area contributed by atoms with Crippen LogP contribution in [-0.4, -0.2) is 18.4 Å². The highest BCUT2D eigenvalue weighted by Gasteiger charge is 2.16. The molecule has 0 aliphatic carbocycles. The number of sulfonamides is 1. The Morgan fingerprint density at radius 3 is 2.48 bits per heavy atom. The van der Waals surface area contributed by atoms with Gasteiger partial charge in [0.25, 0.3) is 10.0 Å². The quantitative estimate of drug-likeness (QED) is 0.663. The van der Waals surface area contributed by atoms with Crippen molar-refractivity contribution in [2.45, 2.75) is 4.90 Å². The Bertz CT molecular complexity index is 975. The summed E-state index contributed by atoms with van der Waals surface area (Å²) >= 11 is 3.29. The Labute approximate surface area is 128 Å². The fraction of sp³-hybridized carbons (Fsp3) is 0. The normalized spacial score (nSPS) is 11.7. The van der Waals surface area contributed by atoms with E-state index in [1.54, 1.807) is 30.3 Å². The van der Waals surface area contributed by atoms with Crippen molar-refractivity contribution in [1.82, 2.24) is 9.97 Å². The molecule has 108 valence electrons. The zero-order chi connectivity index (χ0) is 15.0. The molecule has 0 radical (unpaired) electrons. The topological polar surface area (TPSA) is 94.8 Å². The van der Waals surface area contributed by atoms with Crippen molar-refractivity contribution in [2.24, 2.45) is 0 Å². The molecule has 1 aromatic heterocycles. The first-order chi connectivity index (χ1) is 9.95. The zero-order valence-corrected chi connectivity index (χ0v) is 13.0. The van der Waals surface area contributed by atoms with Crippen LogP contribution in [0, 0.1) is 0 Å². The van der Waals surface area contributed by atoms with E-state index in [2.05, 4.69) is 30.6 Å². The molecule has 8 heteroatoms. The summed E-state index contributed by atoms with van der Waals surface area (Å²) in [4.78, 5) is 16.4. The first-order valence-electron chi connectivity index (χ1n) is 5.95. The summed E-state index contributed by atoms with van der Waals surface area (Å²) in [5.74, 6) is 0. The average molecular weight is 368 g/mol. The fourth-order valence-corrected chi connectivity index (χ4v) is 3.55. The number of aromatic nitrogens is 2. The molecule has 0 aliphatic rings. The molecule has 0 amide bonds. The second-order valence-corrected chi connectivity index (χ2v) is 6.91. The van der Waals surface area contributed by atoms with Crippen molar-refractivity contribution in [3.63, 3.8) is 0 Å². The molecule has 6 nitrogen and oxygen atoms in total. The minimum absolute atomic E-state index is 0.0704. The van der Waals surface area contributed by atoms with E-state index in [0.717, 1.165) is 0 Å². The molecule has 2 aromatic carbocycles. The molecule has 0 saturated carbocycles. The Morgan fingerprint density at radius 1 is 1.00 bits per heavy atom. The maximum atomic E-state index is 12.4. The summed E-state index contributed by atoms with van der Waals surface area (Å²) in [6.07, 6.45) is 0. The number of nitrogens with one attached hydrogen (secondary N) is 3. The van der Waals surface area contributed by atoms with Gasteiger partial charge >= 0.3 is 5.69 Å². The predicted octanol–water partition coefficient (Wildman–Crippen LogP) is 2.42. The summed E-state index contributed by atoms with van der Waals surface area (Å²) in [6, 6.07) is 11.3. The lowest BCUT2D eigenvalue weighted by molar-refractivity contribution is 0.601. The molecule has 0 bridgehead atoms. The highest BCUT2D eigenvalue weighted by molar-refractivity contribution is 9.10. The summed E-state index contributed by atoms with van der Waals surface area (Å²) in [5.41, 5.74) is 1.06. The molecule has 3 N–H and O–H groups in total. The van der Waals surface area contributed by atoms with E-state index in [1.165, 1.54) is 12.1 Å². The molecule has 3 rings (SSSR count). The van der Waals surface area contributed by atoms with Gasteiger partial charge in [0.15, 0.2) is 0 Å². The summed E-state index contributed by atoms with van der Waals surface area (Å²) in [7, 11) is -3.73. The number of H-pyrrole nitrogens is 2. The van der Waals surface area contributed by atoms with Crippen LogP contribution >= 0.6 is 15.9 Å². The van der Waals surface area contributed by atoms with E-state index in [0.29, 0.717) is 21.2 Å². The van der Waals surface area contributed by atoms with E-state index in [9.17, 15) is 13.2 Å². The van der Waals surface area contributed by atoms with Crippen molar-refractivity contribution < 1.29 is 8.42 Å². The van der Waals surface area contributed by atoms with E-state index < -0.39 is 10.0 Å². The van der Waals surface area contributed by atoms with Gasteiger partial charge in [-0.2, -0.15) is 0 Å². The first-order valence-corrected chi connectivity index (χ1v) is 8.23. The molecule has 0 aliphatic heterocycles. The number of benzene rings is 2. The van der Waals surface area contributed by atoms with Crippen LogP contribution in [0.3, 0.4) is 0 Å². The van der Waals surface area contributed by atoms with Crippen molar-refractivity contribution in [3.05, 3.63) is 57.4 Å². The molecular weight excluding hydrogens is 358 g/mol. The second kappa shape index (κ2) is 5.05. The van der Waals surface area contributed by atoms with E-state index in [4.69, 9.17) is 0 Å². The summed E-state index contributed by atoms with van der Waals surface area (Å²) in [5, 5.41) is 0. The number of fused-ring (bicyclic) bond motifs is 1. The number of aromatic amines is 2. The first kappa shape index (κ1) is 13.9. The number of para-hydroxylation sites is 1. The van der Waals surface area contributed by atoms with Gasteiger partial charge in [-0.05, 0) is 46.3 Å². The van der Waals surface area contributed by atoms with Gasteiger partial charge in [-0.15, -0.1) is 0 Å². The van der Waals surface area contributed by atoms with Crippen LogP contribution < -0.4 is 10.4 Å². The number of hydrogen-bond acceptors (Lipinski definition) is 3. The summed E-state index contributed by atoms with van der Waals surface area (Å²) < 4.78 is 27.9. The van der Waals surface area contributed by atoms with Crippen molar-refractivity contribution in [2.75, 3.05) is 4.72 Å². The SMILES string of the molecule is O=c1[nH]c2ccc(S(=O)(=O)Nc3ccccc3Br)cc2[nH]1. The van der Waals surface area contributed by atoms with Crippen LogP contribution in [0.5, 0.6) is 0 Å². The zero-order valence-electron chi connectivity index (χ0n) is 10.6. The molecule has 0 unspecified atom stereocenters. The Kier molecular flexibility index (Phi) is 3.34.